The Kier molecular flexibility index (Phi) is 7.04. The molecule has 0 radical (unpaired) electrons. The third-order valence-corrected chi connectivity index (χ3v) is 11.2. The maximum atomic E-state index is 2.40. The number of nitrogens with zero attached hydrogens (tertiary/aromatic N) is 2. The molecule has 10 rings (SSSR count). The first-order valence-corrected chi connectivity index (χ1v) is 18.2. The highest BCUT2D eigenvalue weighted by molar-refractivity contribution is 7.27. The van der Waals surface area contributed by atoms with Crippen molar-refractivity contribution in [1.29, 1.82) is 0 Å². The summed E-state index contributed by atoms with van der Waals surface area (Å²) in [4.78, 5) is 4.74. The van der Waals surface area contributed by atoms with Gasteiger partial charge in [-0.1, -0.05) is 121 Å². The van der Waals surface area contributed by atoms with Crippen LogP contribution in [0.5, 0.6) is 0 Å². The van der Waals surface area contributed by atoms with E-state index in [2.05, 4.69) is 204 Å². The summed E-state index contributed by atoms with van der Waals surface area (Å²) in [6.45, 7) is 0. The molecular weight excluding hydrogens is 637 g/mol. The number of benzene rings is 9. The normalized spacial score (nSPS) is 11.5. The summed E-state index contributed by atoms with van der Waals surface area (Å²) < 4.78 is 2.65. The van der Waals surface area contributed by atoms with Gasteiger partial charge in [0.25, 0.3) is 0 Å². The predicted molar refractivity (Wildman–Crippen MR) is 221 cm³/mol. The van der Waals surface area contributed by atoms with Gasteiger partial charge in [-0.05, 0) is 99.7 Å². The number of para-hydroxylation sites is 2. The van der Waals surface area contributed by atoms with Crippen LogP contribution in [0, 0.1) is 0 Å². The Labute approximate surface area is 300 Å². The topological polar surface area (TPSA) is 6.48 Å². The van der Waals surface area contributed by atoms with E-state index in [1.54, 1.807) is 0 Å². The molecule has 1 heterocycles. The Balaban J connectivity index is 1.19. The van der Waals surface area contributed by atoms with Crippen molar-refractivity contribution in [1.82, 2.24) is 0 Å². The van der Waals surface area contributed by atoms with E-state index in [1.165, 1.54) is 52.5 Å². The summed E-state index contributed by atoms with van der Waals surface area (Å²) >= 11 is 1.90. The van der Waals surface area contributed by atoms with Crippen LogP contribution in [-0.2, 0) is 0 Å². The summed E-state index contributed by atoms with van der Waals surface area (Å²) in [7, 11) is 0. The van der Waals surface area contributed by atoms with Crippen LogP contribution in [0.1, 0.15) is 0 Å². The van der Waals surface area contributed by atoms with Gasteiger partial charge in [-0.15, -0.1) is 11.3 Å². The molecule has 240 valence electrons. The van der Waals surface area contributed by atoms with E-state index in [-0.39, 0.29) is 0 Å². The highest BCUT2D eigenvalue weighted by Gasteiger charge is 2.20. The fourth-order valence-electron chi connectivity index (χ4n) is 7.67. The number of hydrogen-bond acceptors (Lipinski definition) is 3. The molecule has 0 aliphatic carbocycles. The molecule has 0 bridgehead atoms. The van der Waals surface area contributed by atoms with E-state index < -0.39 is 0 Å². The van der Waals surface area contributed by atoms with Crippen LogP contribution in [0.4, 0.5) is 34.1 Å². The van der Waals surface area contributed by atoms with Crippen LogP contribution in [0.3, 0.4) is 0 Å². The van der Waals surface area contributed by atoms with Crippen molar-refractivity contribution in [2.75, 3.05) is 9.80 Å². The second-order valence-corrected chi connectivity index (χ2v) is 14.0. The first-order chi connectivity index (χ1) is 25.3. The molecule has 10 aromatic rings. The van der Waals surface area contributed by atoms with Crippen LogP contribution >= 0.6 is 11.3 Å². The van der Waals surface area contributed by atoms with Crippen molar-refractivity contribution < 1.29 is 0 Å². The summed E-state index contributed by atoms with van der Waals surface area (Å²) in [6.07, 6.45) is 0. The Bertz CT molecular complexity index is 2880. The third kappa shape index (κ3) is 5.01. The van der Waals surface area contributed by atoms with E-state index in [9.17, 15) is 0 Å². The number of thiophene rings is 1. The van der Waals surface area contributed by atoms with E-state index in [0.29, 0.717) is 0 Å². The molecule has 0 aliphatic rings. The van der Waals surface area contributed by atoms with Gasteiger partial charge in [-0.25, -0.2) is 0 Å². The highest BCUT2D eigenvalue weighted by atomic mass is 32.1. The van der Waals surface area contributed by atoms with Gasteiger partial charge in [-0.3, -0.25) is 0 Å². The molecule has 3 heteroatoms. The molecule has 0 fully saturated rings. The van der Waals surface area contributed by atoms with Crippen molar-refractivity contribution in [2.45, 2.75) is 0 Å². The average molecular weight is 669 g/mol. The first-order valence-electron chi connectivity index (χ1n) is 17.4. The van der Waals surface area contributed by atoms with Crippen LogP contribution in [0.2, 0.25) is 0 Å². The van der Waals surface area contributed by atoms with Crippen molar-refractivity contribution in [2.24, 2.45) is 0 Å². The SMILES string of the molecule is c1ccc(N(c2cccc(N(c3ccccc3)c3ccc4c5ccccc5c5c6ccccc6sc5c4c3)c2)c2ccc3ccccc3c2)cc1. The van der Waals surface area contributed by atoms with Gasteiger partial charge < -0.3 is 9.80 Å². The maximum Gasteiger partial charge on any atom is 0.0482 e. The molecule has 0 saturated heterocycles. The molecule has 0 saturated carbocycles. The van der Waals surface area contributed by atoms with Crippen LogP contribution in [0.25, 0.3) is 52.5 Å². The molecule has 0 atom stereocenters. The van der Waals surface area contributed by atoms with Gasteiger partial charge in [0.1, 0.15) is 0 Å². The van der Waals surface area contributed by atoms with Crippen molar-refractivity contribution in [3.05, 3.63) is 194 Å². The zero-order chi connectivity index (χ0) is 33.7. The lowest BCUT2D eigenvalue weighted by molar-refractivity contribution is 1.25. The van der Waals surface area contributed by atoms with Gasteiger partial charge >= 0.3 is 0 Å². The number of rotatable bonds is 6. The molecule has 0 N–H and O–H groups in total. The minimum Gasteiger partial charge on any atom is -0.310 e. The zero-order valence-corrected chi connectivity index (χ0v) is 28.6. The molecule has 51 heavy (non-hydrogen) atoms. The number of hydrogen-bond donors (Lipinski definition) is 0. The lowest BCUT2D eigenvalue weighted by atomic mass is 9.96. The highest BCUT2D eigenvalue weighted by Crippen LogP contribution is 2.47. The number of anilines is 6. The fraction of sp³-hybridized carbons (Fsp3) is 0. The van der Waals surface area contributed by atoms with E-state index in [1.807, 2.05) is 11.3 Å². The second kappa shape index (κ2) is 12.2. The minimum atomic E-state index is 1.09. The smallest absolute Gasteiger partial charge is 0.0482 e. The Morgan fingerprint density at radius 3 is 1.53 bits per heavy atom. The lowest BCUT2D eigenvalue weighted by Gasteiger charge is -2.29. The van der Waals surface area contributed by atoms with Crippen LogP contribution in [0.15, 0.2) is 194 Å². The van der Waals surface area contributed by atoms with Gasteiger partial charge in [0, 0.05) is 59.7 Å². The Morgan fingerprint density at radius 2 is 0.804 bits per heavy atom. The third-order valence-electron chi connectivity index (χ3n) is 9.95. The fourth-order valence-corrected chi connectivity index (χ4v) is 8.92. The molecular formula is C48H32N2S. The lowest BCUT2D eigenvalue weighted by Crippen LogP contribution is -2.13. The summed E-state index contributed by atoms with van der Waals surface area (Å²) in [6, 6.07) is 70.3. The second-order valence-electron chi connectivity index (χ2n) is 13.0. The molecule has 0 aliphatic heterocycles. The largest absolute Gasteiger partial charge is 0.310 e. The summed E-state index contributed by atoms with van der Waals surface area (Å²) in [5.41, 5.74) is 6.65. The summed E-state index contributed by atoms with van der Waals surface area (Å²) in [5, 5.41) is 10.3. The maximum absolute atomic E-state index is 2.40. The quantitative estimate of drug-likeness (QED) is 0.163. The summed E-state index contributed by atoms with van der Waals surface area (Å²) in [5.74, 6) is 0. The minimum absolute atomic E-state index is 1.09. The standard InChI is InChI=1S/C48H32N2S/c1-3-16-35(17-4-1)49(39-27-26-33-14-7-8-15-34(33)30-39)37-20-13-21-38(31-37)50(36-18-5-2-6-19-36)40-28-29-42-41-22-9-10-23-43(41)47-44-24-11-12-25-46(44)51-48(47)45(42)32-40/h1-32H. The predicted octanol–water partition coefficient (Wildman–Crippen LogP) is 14.5. The monoisotopic (exact) mass is 668 g/mol. The number of fused-ring (bicyclic) bond motifs is 9. The first kappa shape index (κ1) is 29.5. The van der Waals surface area contributed by atoms with E-state index >= 15 is 0 Å². The zero-order valence-electron chi connectivity index (χ0n) is 27.8. The average Bonchev–Trinajstić information content (AvgIpc) is 3.60. The van der Waals surface area contributed by atoms with Crippen molar-refractivity contribution in [3.63, 3.8) is 0 Å². The van der Waals surface area contributed by atoms with Crippen molar-refractivity contribution in [3.8, 4) is 0 Å². The van der Waals surface area contributed by atoms with Gasteiger partial charge in [0.15, 0.2) is 0 Å². The van der Waals surface area contributed by atoms with E-state index in [0.717, 1.165) is 34.1 Å². The molecule has 9 aromatic carbocycles. The van der Waals surface area contributed by atoms with Crippen LogP contribution in [-0.4, -0.2) is 0 Å². The molecule has 0 unspecified atom stereocenters. The molecule has 1 aromatic heterocycles. The van der Waals surface area contributed by atoms with Crippen LogP contribution < -0.4 is 9.80 Å². The van der Waals surface area contributed by atoms with Gasteiger partial charge in [-0.2, -0.15) is 0 Å². The molecule has 2 nitrogen and oxygen atoms in total. The van der Waals surface area contributed by atoms with Crippen molar-refractivity contribution >= 4 is 98.0 Å². The van der Waals surface area contributed by atoms with E-state index in [4.69, 9.17) is 0 Å². The Morgan fingerprint density at radius 1 is 0.294 bits per heavy atom. The molecule has 0 spiro atoms. The van der Waals surface area contributed by atoms with Gasteiger partial charge in [0.05, 0.1) is 0 Å². The Hall–Kier alpha value is -6.42. The van der Waals surface area contributed by atoms with Gasteiger partial charge in [0.2, 0.25) is 0 Å². The molecule has 0 amide bonds.